The van der Waals surface area contributed by atoms with Crippen LogP contribution in [0.5, 0.6) is 0 Å². The van der Waals surface area contributed by atoms with E-state index in [2.05, 4.69) is 30.2 Å². The molecule has 0 radical (unpaired) electrons. The van der Waals surface area contributed by atoms with Crippen LogP contribution in [0.2, 0.25) is 0 Å². The summed E-state index contributed by atoms with van der Waals surface area (Å²) in [5.74, 6) is -0.0917. The number of rotatable bonds is 5. The van der Waals surface area contributed by atoms with Crippen LogP contribution in [0.25, 0.3) is 11.0 Å². The van der Waals surface area contributed by atoms with Crippen molar-refractivity contribution in [2.75, 3.05) is 23.8 Å². The number of ether oxygens (including phenoxy) is 1. The normalized spacial score (nSPS) is 18.8. The average molecular weight is 432 g/mol. The summed E-state index contributed by atoms with van der Waals surface area (Å²) >= 11 is 0. The van der Waals surface area contributed by atoms with E-state index in [1.807, 2.05) is 25.3 Å². The quantitative estimate of drug-likeness (QED) is 0.597. The van der Waals surface area contributed by atoms with Crippen molar-refractivity contribution in [3.63, 3.8) is 0 Å². The number of pyridine rings is 1. The predicted molar refractivity (Wildman–Crippen MR) is 110 cm³/mol. The van der Waals surface area contributed by atoms with Crippen LogP contribution < -0.4 is 10.6 Å². The number of aromatic nitrogens is 4. The lowest BCUT2D eigenvalue weighted by molar-refractivity contribution is -0.137. The highest BCUT2D eigenvalue weighted by atomic mass is 19.4. The third-order valence-electron chi connectivity index (χ3n) is 5.93. The van der Waals surface area contributed by atoms with Gasteiger partial charge in [-0.2, -0.15) is 18.2 Å². The van der Waals surface area contributed by atoms with E-state index >= 15 is 0 Å². The van der Waals surface area contributed by atoms with Crippen molar-refractivity contribution in [1.82, 2.24) is 19.5 Å². The predicted octanol–water partition coefficient (Wildman–Crippen LogP) is 4.90. The number of nitrogens with zero attached hydrogens (tertiary/aromatic N) is 4. The second-order valence-electron chi connectivity index (χ2n) is 8.43. The van der Waals surface area contributed by atoms with E-state index in [0.29, 0.717) is 18.9 Å². The summed E-state index contributed by atoms with van der Waals surface area (Å²) in [6, 6.07) is 4.01. The molecule has 0 spiro atoms. The maximum Gasteiger partial charge on any atom is 0.421 e. The van der Waals surface area contributed by atoms with Gasteiger partial charge in [-0.05, 0) is 44.7 Å². The van der Waals surface area contributed by atoms with Gasteiger partial charge >= 0.3 is 6.18 Å². The molecule has 0 atom stereocenters. The largest absolute Gasteiger partial charge is 0.421 e. The summed E-state index contributed by atoms with van der Waals surface area (Å²) in [5, 5.41) is 6.92. The molecule has 164 valence electrons. The molecule has 3 aromatic rings. The first-order chi connectivity index (χ1) is 14.8. The minimum atomic E-state index is -4.53. The molecule has 0 aromatic carbocycles. The molecule has 1 aliphatic carbocycles. The van der Waals surface area contributed by atoms with E-state index in [1.54, 1.807) is 6.20 Å². The molecule has 3 aromatic heterocycles. The first-order valence-electron chi connectivity index (χ1n) is 10.4. The third kappa shape index (κ3) is 4.04. The Morgan fingerprint density at radius 1 is 1.19 bits per heavy atom. The summed E-state index contributed by atoms with van der Waals surface area (Å²) in [6.45, 7) is 3.26. The Bertz CT molecular complexity index is 1100. The molecule has 31 heavy (non-hydrogen) atoms. The second kappa shape index (κ2) is 7.37. The fourth-order valence-electron chi connectivity index (χ4n) is 3.89. The lowest BCUT2D eigenvalue weighted by Gasteiger charge is -2.23. The number of halogens is 3. The minimum Gasteiger partial charge on any atom is -0.381 e. The summed E-state index contributed by atoms with van der Waals surface area (Å²) < 4.78 is 47.9. The second-order valence-corrected chi connectivity index (χ2v) is 8.43. The van der Waals surface area contributed by atoms with Crippen LogP contribution in [0.15, 0.2) is 30.7 Å². The number of anilines is 3. The molecular formula is C21H23F3N6O. The number of nitrogens with one attached hydrogen (secondary N) is 2. The fraction of sp³-hybridized carbons (Fsp3) is 0.476. The van der Waals surface area contributed by atoms with E-state index < -0.39 is 11.7 Å². The molecule has 1 saturated heterocycles. The molecule has 0 amide bonds. The molecule has 1 aliphatic heterocycles. The van der Waals surface area contributed by atoms with E-state index in [4.69, 9.17) is 4.74 Å². The lowest BCUT2D eigenvalue weighted by Crippen LogP contribution is -2.21. The number of alkyl halides is 3. The number of hydrogen-bond acceptors (Lipinski definition) is 6. The van der Waals surface area contributed by atoms with Crippen molar-refractivity contribution in [3.05, 3.63) is 36.3 Å². The zero-order valence-electron chi connectivity index (χ0n) is 17.0. The molecule has 4 heterocycles. The van der Waals surface area contributed by atoms with Gasteiger partial charge in [-0.1, -0.05) is 0 Å². The van der Waals surface area contributed by atoms with Crippen LogP contribution in [0.4, 0.5) is 30.6 Å². The van der Waals surface area contributed by atoms with Crippen molar-refractivity contribution < 1.29 is 17.9 Å². The van der Waals surface area contributed by atoms with E-state index in [0.717, 1.165) is 42.9 Å². The Balaban J connectivity index is 1.50. The molecular weight excluding hydrogens is 409 g/mol. The molecule has 0 bridgehead atoms. The minimum absolute atomic E-state index is 0.106. The van der Waals surface area contributed by atoms with Gasteiger partial charge in [0.05, 0.1) is 5.69 Å². The molecule has 7 nitrogen and oxygen atoms in total. The first-order valence-corrected chi connectivity index (χ1v) is 10.4. The van der Waals surface area contributed by atoms with Crippen molar-refractivity contribution in [2.45, 2.75) is 50.4 Å². The average Bonchev–Trinajstić information content (AvgIpc) is 3.36. The summed E-state index contributed by atoms with van der Waals surface area (Å²) in [4.78, 5) is 12.7. The van der Waals surface area contributed by atoms with Crippen LogP contribution >= 0.6 is 0 Å². The summed E-state index contributed by atoms with van der Waals surface area (Å²) in [5.41, 5.74) is 0.303. The Morgan fingerprint density at radius 2 is 1.97 bits per heavy atom. The van der Waals surface area contributed by atoms with Crippen molar-refractivity contribution in [1.29, 1.82) is 0 Å². The fourth-order valence-corrected chi connectivity index (χ4v) is 3.89. The van der Waals surface area contributed by atoms with E-state index in [1.165, 1.54) is 0 Å². The molecule has 2 N–H and O–H groups in total. The molecule has 5 rings (SSSR count). The highest BCUT2D eigenvalue weighted by molar-refractivity contribution is 5.92. The zero-order chi connectivity index (χ0) is 21.6. The smallest absolute Gasteiger partial charge is 0.381 e. The zero-order valence-corrected chi connectivity index (χ0v) is 17.0. The topological polar surface area (TPSA) is 76.9 Å². The first kappa shape index (κ1) is 20.0. The summed E-state index contributed by atoms with van der Waals surface area (Å²) in [7, 11) is 0. The standard InChI is InChI=1S/C21H23F3N6O/c1-20(6-7-20)29-17-15(21(22,23)24)11-26-19(28-17)27-16-12-30(13-4-9-31-10-5-13)18-14(16)3-2-8-25-18/h2-3,8,11-13H,4-7,9-10H2,1H3,(H2,26,27,28,29). The Labute approximate surface area is 177 Å². The van der Waals surface area contributed by atoms with Crippen LogP contribution in [0.3, 0.4) is 0 Å². The lowest BCUT2D eigenvalue weighted by atomic mass is 10.1. The highest BCUT2D eigenvalue weighted by Crippen LogP contribution is 2.42. The Morgan fingerprint density at radius 3 is 2.68 bits per heavy atom. The third-order valence-corrected chi connectivity index (χ3v) is 5.93. The van der Waals surface area contributed by atoms with Gasteiger partial charge in [0.15, 0.2) is 0 Å². The maximum absolute atomic E-state index is 13.5. The SMILES string of the molecule is CC1(Nc2nc(Nc3cn(C4CCOCC4)c4ncccc34)ncc2C(F)(F)F)CC1. The van der Waals surface area contributed by atoms with Gasteiger partial charge in [-0.3, -0.25) is 0 Å². The van der Waals surface area contributed by atoms with Gasteiger partial charge in [0.2, 0.25) is 5.95 Å². The highest BCUT2D eigenvalue weighted by Gasteiger charge is 2.42. The number of hydrogen-bond donors (Lipinski definition) is 2. The van der Waals surface area contributed by atoms with Gasteiger partial charge in [0.1, 0.15) is 17.0 Å². The van der Waals surface area contributed by atoms with Crippen LogP contribution in [0, 0.1) is 0 Å². The molecule has 1 saturated carbocycles. The van der Waals surface area contributed by atoms with Crippen molar-refractivity contribution in [3.8, 4) is 0 Å². The van der Waals surface area contributed by atoms with Crippen molar-refractivity contribution >= 4 is 28.5 Å². The van der Waals surface area contributed by atoms with Gasteiger partial charge in [0, 0.05) is 48.8 Å². The monoisotopic (exact) mass is 432 g/mol. The maximum atomic E-state index is 13.5. The Kier molecular flexibility index (Phi) is 4.76. The van der Waals surface area contributed by atoms with Crippen LogP contribution in [-0.2, 0) is 10.9 Å². The number of fused-ring (bicyclic) bond motifs is 1. The molecule has 0 unspecified atom stereocenters. The van der Waals surface area contributed by atoms with E-state index in [-0.39, 0.29) is 23.3 Å². The van der Waals surface area contributed by atoms with Crippen LogP contribution in [-0.4, -0.2) is 38.3 Å². The summed E-state index contributed by atoms with van der Waals surface area (Å²) in [6.07, 6.45) is 3.34. The van der Waals surface area contributed by atoms with Crippen LogP contribution in [0.1, 0.15) is 44.2 Å². The molecule has 2 fully saturated rings. The van der Waals surface area contributed by atoms with Gasteiger partial charge in [-0.15, -0.1) is 0 Å². The van der Waals surface area contributed by atoms with E-state index in [9.17, 15) is 13.2 Å². The van der Waals surface area contributed by atoms with Gasteiger partial charge < -0.3 is 19.9 Å². The van der Waals surface area contributed by atoms with Crippen molar-refractivity contribution in [2.24, 2.45) is 0 Å². The van der Waals surface area contributed by atoms with Gasteiger partial charge in [-0.25, -0.2) is 9.97 Å². The van der Waals surface area contributed by atoms with Gasteiger partial charge in [0.25, 0.3) is 0 Å². The Hall–Kier alpha value is -2.88. The molecule has 2 aliphatic rings. The molecule has 10 heteroatoms.